The minimum Gasteiger partial charge on any atom is -0.329 e. The summed E-state index contributed by atoms with van der Waals surface area (Å²) in [7, 11) is 1.89. The lowest BCUT2D eigenvalue weighted by atomic mass is 10.1. The lowest BCUT2D eigenvalue weighted by Gasteiger charge is -2.14. The molecule has 0 bridgehead atoms. The Hall–Kier alpha value is -1.57. The Morgan fingerprint density at radius 1 is 1.46 bits per heavy atom. The third-order valence-corrected chi connectivity index (χ3v) is 5.17. The standard InChI is InChI=1S/C16H19FN4OS.ClH/c1-21-7-6-19-16(21)23-14-5-3-11(17)9-13(14)20-15(22)10-2-4-12(18)8-10;/h3,5-7,9-10,12H,2,4,8,18H2,1H3,(H,20,22);1H. The van der Waals surface area contributed by atoms with Crippen LogP contribution in [-0.4, -0.2) is 21.5 Å². The maximum atomic E-state index is 13.6. The van der Waals surface area contributed by atoms with E-state index in [0.717, 1.165) is 22.9 Å². The third-order valence-electron chi connectivity index (χ3n) is 4.02. The molecule has 1 fully saturated rings. The smallest absolute Gasteiger partial charge is 0.227 e. The van der Waals surface area contributed by atoms with Gasteiger partial charge in [-0.1, -0.05) is 0 Å². The number of carbonyl (C=O) groups is 1. The second-order valence-electron chi connectivity index (χ2n) is 5.82. The van der Waals surface area contributed by atoms with Crippen molar-refractivity contribution in [3.05, 3.63) is 36.4 Å². The zero-order chi connectivity index (χ0) is 16.4. The van der Waals surface area contributed by atoms with E-state index >= 15 is 0 Å². The normalized spacial score (nSPS) is 19.8. The van der Waals surface area contributed by atoms with Gasteiger partial charge < -0.3 is 15.6 Å². The van der Waals surface area contributed by atoms with Gasteiger partial charge >= 0.3 is 0 Å². The largest absolute Gasteiger partial charge is 0.329 e. The van der Waals surface area contributed by atoms with Crippen LogP contribution in [0, 0.1) is 11.7 Å². The van der Waals surface area contributed by atoms with Crippen LogP contribution >= 0.6 is 24.2 Å². The van der Waals surface area contributed by atoms with Gasteiger partial charge in [0, 0.05) is 36.3 Å². The monoisotopic (exact) mass is 370 g/mol. The van der Waals surface area contributed by atoms with E-state index in [1.54, 1.807) is 12.3 Å². The van der Waals surface area contributed by atoms with E-state index in [1.165, 1.54) is 23.9 Å². The molecule has 1 aromatic carbocycles. The van der Waals surface area contributed by atoms with E-state index in [-0.39, 0.29) is 36.1 Å². The summed E-state index contributed by atoms with van der Waals surface area (Å²) in [5.74, 6) is -0.572. The molecular weight excluding hydrogens is 351 g/mol. The lowest BCUT2D eigenvalue weighted by Crippen LogP contribution is -2.23. The number of anilines is 1. The molecule has 1 aromatic heterocycles. The van der Waals surface area contributed by atoms with Gasteiger partial charge in [0.25, 0.3) is 0 Å². The highest BCUT2D eigenvalue weighted by molar-refractivity contribution is 7.99. The van der Waals surface area contributed by atoms with Gasteiger partial charge in [0.1, 0.15) is 5.82 Å². The van der Waals surface area contributed by atoms with Gasteiger partial charge in [0.15, 0.2) is 5.16 Å². The molecular formula is C16H20ClFN4OS. The minimum atomic E-state index is -0.382. The second-order valence-corrected chi connectivity index (χ2v) is 6.83. The topological polar surface area (TPSA) is 72.9 Å². The number of nitrogens with zero attached hydrogens (tertiary/aromatic N) is 2. The van der Waals surface area contributed by atoms with Crippen LogP contribution in [0.3, 0.4) is 0 Å². The van der Waals surface area contributed by atoms with Gasteiger partial charge in [0.2, 0.25) is 5.91 Å². The quantitative estimate of drug-likeness (QED) is 0.866. The average molecular weight is 371 g/mol. The van der Waals surface area contributed by atoms with Crippen molar-refractivity contribution in [2.45, 2.75) is 35.4 Å². The van der Waals surface area contributed by atoms with Crippen LogP contribution in [0.2, 0.25) is 0 Å². The van der Waals surface area contributed by atoms with E-state index in [1.807, 2.05) is 17.8 Å². The molecule has 1 aliphatic rings. The molecule has 0 spiro atoms. The Morgan fingerprint density at radius 3 is 2.88 bits per heavy atom. The maximum absolute atomic E-state index is 13.6. The Morgan fingerprint density at radius 2 is 2.25 bits per heavy atom. The molecule has 24 heavy (non-hydrogen) atoms. The number of benzene rings is 1. The molecule has 8 heteroatoms. The number of amides is 1. The average Bonchev–Trinajstić information content (AvgIpc) is 3.11. The van der Waals surface area contributed by atoms with Crippen molar-refractivity contribution < 1.29 is 9.18 Å². The molecule has 1 heterocycles. The zero-order valence-corrected chi connectivity index (χ0v) is 14.9. The molecule has 0 aliphatic heterocycles. The minimum absolute atomic E-state index is 0. The molecule has 2 unspecified atom stereocenters. The van der Waals surface area contributed by atoms with Crippen LogP contribution in [0.4, 0.5) is 10.1 Å². The van der Waals surface area contributed by atoms with Crippen molar-refractivity contribution in [1.29, 1.82) is 0 Å². The van der Waals surface area contributed by atoms with E-state index in [4.69, 9.17) is 5.73 Å². The zero-order valence-electron chi connectivity index (χ0n) is 13.2. The van der Waals surface area contributed by atoms with Gasteiger partial charge in [-0.25, -0.2) is 9.37 Å². The Kier molecular flexibility index (Phi) is 6.26. The number of nitrogens with one attached hydrogen (secondary N) is 1. The van der Waals surface area contributed by atoms with Crippen LogP contribution in [-0.2, 0) is 11.8 Å². The van der Waals surface area contributed by atoms with Crippen molar-refractivity contribution in [3.8, 4) is 0 Å². The third kappa shape index (κ3) is 4.28. The molecule has 1 saturated carbocycles. The number of imidazole rings is 1. The van der Waals surface area contributed by atoms with E-state index in [9.17, 15) is 9.18 Å². The first-order chi connectivity index (χ1) is 11.0. The second kappa shape index (κ2) is 8.00. The summed E-state index contributed by atoms with van der Waals surface area (Å²) in [6.07, 6.45) is 5.86. The fourth-order valence-electron chi connectivity index (χ4n) is 2.73. The number of hydrogen-bond acceptors (Lipinski definition) is 4. The summed E-state index contributed by atoms with van der Waals surface area (Å²) in [5.41, 5.74) is 6.34. The molecule has 3 N–H and O–H groups in total. The highest BCUT2D eigenvalue weighted by atomic mass is 35.5. The van der Waals surface area contributed by atoms with E-state index < -0.39 is 0 Å². The molecule has 130 valence electrons. The van der Waals surface area contributed by atoms with Crippen molar-refractivity contribution in [1.82, 2.24) is 9.55 Å². The van der Waals surface area contributed by atoms with E-state index in [0.29, 0.717) is 12.1 Å². The van der Waals surface area contributed by atoms with Crippen molar-refractivity contribution in [3.63, 3.8) is 0 Å². The molecule has 3 rings (SSSR count). The summed E-state index contributed by atoms with van der Waals surface area (Å²) >= 11 is 1.39. The predicted molar refractivity (Wildman–Crippen MR) is 94.9 cm³/mol. The van der Waals surface area contributed by atoms with Gasteiger partial charge in [-0.2, -0.15) is 0 Å². The Bertz CT molecular complexity index is 724. The number of aryl methyl sites for hydroxylation is 1. The van der Waals surface area contributed by atoms with Crippen molar-refractivity contribution in [2.75, 3.05) is 5.32 Å². The molecule has 0 radical (unpaired) electrons. The van der Waals surface area contributed by atoms with E-state index in [2.05, 4.69) is 10.3 Å². The molecule has 2 atom stereocenters. The van der Waals surface area contributed by atoms with Gasteiger partial charge in [0.05, 0.1) is 5.69 Å². The molecule has 1 amide bonds. The fourth-order valence-corrected chi connectivity index (χ4v) is 3.60. The van der Waals surface area contributed by atoms with Crippen LogP contribution in [0.5, 0.6) is 0 Å². The van der Waals surface area contributed by atoms with Crippen LogP contribution in [0.25, 0.3) is 0 Å². The van der Waals surface area contributed by atoms with Gasteiger partial charge in [-0.15, -0.1) is 12.4 Å². The number of aromatic nitrogens is 2. The summed E-state index contributed by atoms with van der Waals surface area (Å²) in [4.78, 5) is 17.4. The molecule has 1 aliphatic carbocycles. The Labute approximate surface area is 150 Å². The predicted octanol–water partition coefficient (Wildman–Crippen LogP) is 3.20. The van der Waals surface area contributed by atoms with Gasteiger partial charge in [-0.05, 0) is 49.2 Å². The number of halogens is 2. The number of hydrogen-bond donors (Lipinski definition) is 2. The first kappa shape index (κ1) is 18.8. The number of nitrogens with two attached hydrogens (primary N) is 1. The number of carbonyl (C=O) groups excluding carboxylic acids is 1. The van der Waals surface area contributed by atoms with Gasteiger partial charge in [-0.3, -0.25) is 4.79 Å². The van der Waals surface area contributed by atoms with Crippen molar-refractivity contribution >= 4 is 35.8 Å². The first-order valence-corrected chi connectivity index (χ1v) is 8.36. The SMILES string of the molecule is Cl.Cn1ccnc1Sc1ccc(F)cc1NC(=O)C1CCC(N)C1. The highest BCUT2D eigenvalue weighted by Crippen LogP contribution is 2.34. The Balaban J connectivity index is 0.00000208. The van der Waals surface area contributed by atoms with Crippen LogP contribution < -0.4 is 11.1 Å². The van der Waals surface area contributed by atoms with Crippen LogP contribution in [0.1, 0.15) is 19.3 Å². The molecule has 2 aromatic rings. The number of rotatable bonds is 4. The summed E-state index contributed by atoms with van der Waals surface area (Å²) in [5, 5.41) is 3.63. The molecule has 0 saturated heterocycles. The summed E-state index contributed by atoms with van der Waals surface area (Å²) < 4.78 is 15.5. The maximum Gasteiger partial charge on any atom is 0.227 e. The van der Waals surface area contributed by atoms with Crippen LogP contribution in [0.15, 0.2) is 40.6 Å². The lowest BCUT2D eigenvalue weighted by molar-refractivity contribution is -0.119. The highest BCUT2D eigenvalue weighted by Gasteiger charge is 2.28. The fraction of sp³-hybridized carbons (Fsp3) is 0.375. The first-order valence-electron chi connectivity index (χ1n) is 7.54. The van der Waals surface area contributed by atoms with Crippen molar-refractivity contribution in [2.24, 2.45) is 18.7 Å². The molecule has 5 nitrogen and oxygen atoms in total. The summed E-state index contributed by atoms with van der Waals surface area (Å²) in [6.45, 7) is 0. The summed E-state index contributed by atoms with van der Waals surface area (Å²) in [6, 6.07) is 4.47.